The molecule has 6 heteroatoms. The van der Waals surface area contributed by atoms with Gasteiger partial charge in [0.2, 0.25) is 5.91 Å². The normalized spacial score (nSPS) is 12.4. The minimum Gasteiger partial charge on any atom is -0.349 e. The van der Waals surface area contributed by atoms with Gasteiger partial charge >= 0.3 is 0 Å². The molecule has 0 aliphatic heterocycles. The van der Waals surface area contributed by atoms with E-state index >= 15 is 0 Å². The summed E-state index contributed by atoms with van der Waals surface area (Å²) < 4.78 is 4.02. The Hall–Kier alpha value is -2.11. The van der Waals surface area contributed by atoms with Gasteiger partial charge in [-0.15, -0.1) is 0 Å². The number of rotatable bonds is 7. The highest BCUT2D eigenvalue weighted by atomic mass is 16.1. The maximum atomic E-state index is 12.2. The number of aromatic nitrogens is 4. The van der Waals surface area contributed by atoms with E-state index in [9.17, 15) is 4.79 Å². The fourth-order valence-corrected chi connectivity index (χ4v) is 3.11. The molecule has 0 saturated heterocycles. The Morgan fingerprint density at radius 2 is 2.09 bits per heavy atom. The third-order valence-electron chi connectivity index (χ3n) is 4.25. The summed E-state index contributed by atoms with van der Waals surface area (Å²) in [4.78, 5) is 16.5. The number of amides is 1. The van der Waals surface area contributed by atoms with Crippen molar-refractivity contribution in [2.45, 2.75) is 66.6 Å². The van der Waals surface area contributed by atoms with Crippen molar-refractivity contribution in [2.75, 3.05) is 0 Å². The maximum Gasteiger partial charge on any atom is 0.222 e. The summed E-state index contributed by atoms with van der Waals surface area (Å²) in [5.74, 6) is 1.07. The van der Waals surface area contributed by atoms with Gasteiger partial charge in [-0.2, -0.15) is 5.10 Å². The van der Waals surface area contributed by atoms with Gasteiger partial charge in [0.25, 0.3) is 0 Å². The van der Waals surface area contributed by atoms with Crippen molar-refractivity contribution in [3.63, 3.8) is 0 Å². The summed E-state index contributed by atoms with van der Waals surface area (Å²) in [5, 5.41) is 7.61. The van der Waals surface area contributed by atoms with E-state index < -0.39 is 0 Å². The third kappa shape index (κ3) is 3.81. The highest BCUT2D eigenvalue weighted by Gasteiger charge is 2.18. The summed E-state index contributed by atoms with van der Waals surface area (Å²) in [7, 11) is 0. The van der Waals surface area contributed by atoms with Gasteiger partial charge in [-0.05, 0) is 27.7 Å². The van der Waals surface area contributed by atoms with Crippen LogP contribution in [0.4, 0.5) is 0 Å². The Morgan fingerprint density at radius 3 is 2.70 bits per heavy atom. The fraction of sp³-hybridized carbons (Fsp3) is 0.588. The number of hydrogen-bond donors (Lipinski definition) is 1. The number of imidazole rings is 1. The average molecular weight is 317 g/mol. The van der Waals surface area contributed by atoms with E-state index in [-0.39, 0.29) is 11.9 Å². The number of aryl methyl sites for hydroxylation is 4. The molecule has 126 valence electrons. The molecule has 0 aliphatic rings. The van der Waals surface area contributed by atoms with Gasteiger partial charge in [0.1, 0.15) is 5.82 Å². The maximum absolute atomic E-state index is 12.2. The molecule has 6 nitrogen and oxygen atoms in total. The van der Waals surface area contributed by atoms with Crippen molar-refractivity contribution in [1.29, 1.82) is 0 Å². The number of carbonyl (C=O) groups is 1. The van der Waals surface area contributed by atoms with Gasteiger partial charge < -0.3 is 9.88 Å². The Bertz CT molecular complexity index is 671. The molecular weight excluding hydrogens is 290 g/mol. The second-order valence-electron chi connectivity index (χ2n) is 5.83. The molecular formula is C17H27N5O. The lowest BCUT2D eigenvalue weighted by Gasteiger charge is -2.15. The van der Waals surface area contributed by atoms with E-state index in [2.05, 4.69) is 36.2 Å². The Labute approximate surface area is 137 Å². The van der Waals surface area contributed by atoms with Crippen molar-refractivity contribution in [1.82, 2.24) is 24.6 Å². The second-order valence-corrected chi connectivity index (χ2v) is 5.83. The highest BCUT2D eigenvalue weighted by molar-refractivity contribution is 5.76. The molecule has 2 aromatic heterocycles. The van der Waals surface area contributed by atoms with Crippen LogP contribution in [0.1, 0.15) is 56.0 Å². The zero-order chi connectivity index (χ0) is 17.0. The zero-order valence-electron chi connectivity index (χ0n) is 14.8. The SMILES string of the molecule is CCc1nccn1CCC(=O)N[C@H](C)c1c(C)nn(CC)c1C. The number of nitrogens with one attached hydrogen (secondary N) is 1. The summed E-state index contributed by atoms with van der Waals surface area (Å²) in [6.07, 6.45) is 5.04. The van der Waals surface area contributed by atoms with Crippen LogP contribution >= 0.6 is 0 Å². The zero-order valence-corrected chi connectivity index (χ0v) is 14.8. The largest absolute Gasteiger partial charge is 0.349 e. The summed E-state index contributed by atoms with van der Waals surface area (Å²) in [5.41, 5.74) is 3.23. The topological polar surface area (TPSA) is 64.7 Å². The van der Waals surface area contributed by atoms with E-state index in [0.717, 1.165) is 35.7 Å². The molecule has 23 heavy (non-hydrogen) atoms. The van der Waals surface area contributed by atoms with Crippen molar-refractivity contribution < 1.29 is 4.79 Å². The predicted molar refractivity (Wildman–Crippen MR) is 90.2 cm³/mol. The monoisotopic (exact) mass is 317 g/mol. The van der Waals surface area contributed by atoms with Gasteiger partial charge in [0, 0.05) is 49.6 Å². The number of carbonyl (C=O) groups excluding carboxylic acids is 1. The van der Waals surface area contributed by atoms with Crippen molar-refractivity contribution in [2.24, 2.45) is 0 Å². The van der Waals surface area contributed by atoms with Crippen LogP contribution in [0.3, 0.4) is 0 Å². The molecule has 1 amide bonds. The van der Waals surface area contributed by atoms with Crippen molar-refractivity contribution >= 4 is 5.91 Å². The minimum absolute atomic E-state index is 0.0313. The quantitative estimate of drug-likeness (QED) is 0.853. The molecule has 0 saturated carbocycles. The molecule has 2 rings (SSSR count). The first kappa shape index (κ1) is 17.2. The first-order valence-electron chi connectivity index (χ1n) is 8.31. The Balaban J connectivity index is 1.96. The number of hydrogen-bond acceptors (Lipinski definition) is 3. The Kier molecular flexibility index (Phi) is 5.58. The highest BCUT2D eigenvalue weighted by Crippen LogP contribution is 2.21. The molecule has 1 N–H and O–H groups in total. The molecule has 0 unspecified atom stereocenters. The van der Waals surface area contributed by atoms with Crippen LogP contribution < -0.4 is 5.32 Å². The van der Waals surface area contributed by atoms with E-state index in [1.807, 2.05) is 29.3 Å². The summed E-state index contributed by atoms with van der Waals surface area (Å²) in [6.45, 7) is 11.7. The standard InChI is InChI=1S/C17H27N5O/c1-6-15-18-9-11-21(15)10-8-16(23)19-12(3)17-13(4)20-22(7-2)14(17)5/h9,11-12H,6-8,10H2,1-5H3,(H,19,23)/t12-/m1/s1. The first-order chi connectivity index (χ1) is 11.0. The molecule has 0 aliphatic carbocycles. The average Bonchev–Trinajstić information content (AvgIpc) is 3.08. The van der Waals surface area contributed by atoms with Crippen LogP contribution in [-0.2, 0) is 24.3 Å². The summed E-state index contributed by atoms with van der Waals surface area (Å²) in [6, 6.07) is -0.0313. The van der Waals surface area contributed by atoms with Crippen LogP contribution in [0.2, 0.25) is 0 Å². The summed E-state index contributed by atoms with van der Waals surface area (Å²) >= 11 is 0. The Morgan fingerprint density at radius 1 is 1.35 bits per heavy atom. The van der Waals surface area contributed by atoms with Gasteiger partial charge in [0.15, 0.2) is 0 Å². The minimum atomic E-state index is -0.0313. The molecule has 0 spiro atoms. The lowest BCUT2D eigenvalue weighted by molar-refractivity contribution is -0.121. The van der Waals surface area contributed by atoms with Gasteiger partial charge in [-0.1, -0.05) is 6.92 Å². The molecule has 2 heterocycles. The van der Waals surface area contributed by atoms with E-state index in [1.165, 1.54) is 0 Å². The molecule has 0 radical (unpaired) electrons. The van der Waals surface area contributed by atoms with Crippen LogP contribution in [0.15, 0.2) is 12.4 Å². The fourth-order valence-electron chi connectivity index (χ4n) is 3.11. The lowest BCUT2D eigenvalue weighted by Crippen LogP contribution is -2.28. The first-order valence-corrected chi connectivity index (χ1v) is 8.31. The molecule has 1 atom stereocenters. The van der Waals surface area contributed by atoms with Crippen LogP contribution in [0, 0.1) is 13.8 Å². The third-order valence-corrected chi connectivity index (χ3v) is 4.25. The smallest absolute Gasteiger partial charge is 0.222 e. The lowest BCUT2D eigenvalue weighted by atomic mass is 10.1. The molecule has 0 bridgehead atoms. The van der Waals surface area contributed by atoms with Gasteiger partial charge in [0.05, 0.1) is 11.7 Å². The van der Waals surface area contributed by atoms with Crippen LogP contribution in [0.25, 0.3) is 0 Å². The molecule has 2 aromatic rings. The predicted octanol–water partition coefficient (Wildman–Crippen LogP) is 2.55. The van der Waals surface area contributed by atoms with Gasteiger partial charge in [-0.3, -0.25) is 9.48 Å². The van der Waals surface area contributed by atoms with E-state index in [0.29, 0.717) is 13.0 Å². The van der Waals surface area contributed by atoms with Crippen LogP contribution in [0.5, 0.6) is 0 Å². The van der Waals surface area contributed by atoms with Crippen molar-refractivity contribution in [3.05, 3.63) is 35.2 Å². The van der Waals surface area contributed by atoms with E-state index in [4.69, 9.17) is 0 Å². The van der Waals surface area contributed by atoms with E-state index in [1.54, 1.807) is 6.20 Å². The molecule has 0 fully saturated rings. The number of nitrogens with zero attached hydrogens (tertiary/aromatic N) is 4. The second kappa shape index (κ2) is 7.44. The molecule has 0 aromatic carbocycles. The van der Waals surface area contributed by atoms with Crippen molar-refractivity contribution in [3.8, 4) is 0 Å². The van der Waals surface area contributed by atoms with Crippen LogP contribution in [-0.4, -0.2) is 25.2 Å². The van der Waals surface area contributed by atoms with Gasteiger partial charge in [-0.25, -0.2) is 4.98 Å².